The first kappa shape index (κ1) is 12.3. The van der Waals surface area contributed by atoms with Crippen LogP contribution in [-0.2, 0) is 0 Å². The third-order valence-corrected chi connectivity index (χ3v) is 2.93. The fourth-order valence-corrected chi connectivity index (χ4v) is 1.96. The van der Waals surface area contributed by atoms with Gasteiger partial charge >= 0.3 is 0 Å². The van der Waals surface area contributed by atoms with Gasteiger partial charge in [-0.2, -0.15) is 0 Å². The van der Waals surface area contributed by atoms with Gasteiger partial charge in [0, 0.05) is 18.0 Å². The third kappa shape index (κ3) is 2.24. The van der Waals surface area contributed by atoms with E-state index in [4.69, 9.17) is 6.57 Å². The quantitative estimate of drug-likeness (QED) is 0.811. The van der Waals surface area contributed by atoms with Gasteiger partial charge in [0.2, 0.25) is 0 Å². The molecule has 3 nitrogen and oxygen atoms in total. The van der Waals surface area contributed by atoms with E-state index in [2.05, 4.69) is 9.83 Å². The Morgan fingerprint density at radius 3 is 2.72 bits per heavy atom. The van der Waals surface area contributed by atoms with Crippen molar-refractivity contribution in [2.45, 2.75) is 20.0 Å². The van der Waals surface area contributed by atoms with Crippen molar-refractivity contribution in [1.29, 1.82) is 0 Å². The Kier molecular flexibility index (Phi) is 3.40. The van der Waals surface area contributed by atoms with Crippen LogP contribution in [0.2, 0.25) is 0 Å². The van der Waals surface area contributed by atoms with Gasteiger partial charge in [-0.1, -0.05) is 18.2 Å². The molecule has 90 valence electrons. The van der Waals surface area contributed by atoms with Crippen LogP contribution in [0.25, 0.3) is 16.0 Å². The minimum atomic E-state index is -0.538. The zero-order valence-electron chi connectivity index (χ0n) is 10.4. The highest BCUT2D eigenvalue weighted by Crippen LogP contribution is 2.30. The molecular weight excluding hydrogens is 224 g/mol. The average molecular weight is 238 g/mol. The molecule has 1 aromatic heterocycles. The van der Waals surface area contributed by atoms with Gasteiger partial charge in [-0.15, -0.1) is 0 Å². The van der Waals surface area contributed by atoms with Crippen molar-refractivity contribution in [1.82, 2.24) is 4.98 Å². The summed E-state index contributed by atoms with van der Waals surface area (Å²) in [5, 5.41) is 9.76. The minimum absolute atomic E-state index is 0.538. The zero-order chi connectivity index (χ0) is 13.1. The van der Waals surface area contributed by atoms with E-state index in [1.165, 1.54) is 0 Å². The van der Waals surface area contributed by atoms with E-state index in [9.17, 15) is 5.11 Å². The molecule has 0 bridgehead atoms. The number of aryl methyl sites for hydroxylation is 1. The molecule has 1 N–H and O–H groups in total. The van der Waals surface area contributed by atoms with Gasteiger partial charge in [-0.05, 0) is 36.6 Å². The van der Waals surface area contributed by atoms with Crippen molar-refractivity contribution in [3.05, 3.63) is 59.2 Å². The van der Waals surface area contributed by atoms with Crippen LogP contribution in [0.5, 0.6) is 0 Å². The molecule has 2 rings (SSSR count). The number of hydrogen-bond acceptors (Lipinski definition) is 2. The highest BCUT2D eigenvalue weighted by atomic mass is 16.3. The molecule has 0 amide bonds. The fraction of sp³-hybridized carbons (Fsp3) is 0.200. The molecule has 0 aliphatic carbocycles. The number of hydrogen-bond donors (Lipinski definition) is 1. The number of rotatable bonds is 2. The van der Waals surface area contributed by atoms with Crippen LogP contribution >= 0.6 is 0 Å². The number of nitrogens with zero attached hydrogens (tertiary/aromatic N) is 2. The fourth-order valence-electron chi connectivity index (χ4n) is 1.96. The van der Waals surface area contributed by atoms with Crippen molar-refractivity contribution in [3.63, 3.8) is 0 Å². The zero-order valence-corrected chi connectivity index (χ0v) is 10.4. The van der Waals surface area contributed by atoms with Crippen LogP contribution < -0.4 is 0 Å². The van der Waals surface area contributed by atoms with Crippen LogP contribution in [0, 0.1) is 13.5 Å². The van der Waals surface area contributed by atoms with Crippen molar-refractivity contribution >= 4 is 5.69 Å². The van der Waals surface area contributed by atoms with Crippen LogP contribution in [-0.4, -0.2) is 10.1 Å². The number of aliphatic hydroxyl groups excluding tert-OH is 1. The first-order chi connectivity index (χ1) is 8.63. The first-order valence-corrected chi connectivity index (χ1v) is 5.74. The predicted molar refractivity (Wildman–Crippen MR) is 71.3 cm³/mol. The van der Waals surface area contributed by atoms with E-state index in [-0.39, 0.29) is 0 Å². The van der Waals surface area contributed by atoms with Crippen molar-refractivity contribution in [3.8, 4) is 11.1 Å². The van der Waals surface area contributed by atoms with Crippen molar-refractivity contribution < 1.29 is 5.11 Å². The normalized spacial score (nSPS) is 11.9. The highest BCUT2D eigenvalue weighted by molar-refractivity contribution is 5.71. The maximum Gasteiger partial charge on any atom is 0.190 e. The summed E-state index contributed by atoms with van der Waals surface area (Å²) in [6, 6.07) is 7.47. The lowest BCUT2D eigenvalue weighted by Gasteiger charge is -2.12. The second kappa shape index (κ2) is 4.99. The van der Waals surface area contributed by atoms with Crippen molar-refractivity contribution in [2.24, 2.45) is 0 Å². The Balaban J connectivity index is 2.56. The molecule has 0 fully saturated rings. The molecule has 1 atom stereocenters. The largest absolute Gasteiger partial charge is 0.389 e. The molecule has 2 aromatic rings. The summed E-state index contributed by atoms with van der Waals surface area (Å²) in [6.07, 6.45) is 2.88. The standard InChI is InChI=1S/C15H14N2O/c1-10-8-12(4-5-15(10)16-3)14-9-17-7-6-13(14)11(2)18/h4-9,11,18H,1-2H3. The van der Waals surface area contributed by atoms with Crippen LogP contribution in [0.1, 0.15) is 24.2 Å². The molecule has 1 unspecified atom stereocenters. The molecule has 18 heavy (non-hydrogen) atoms. The molecular formula is C15H14N2O. The van der Waals surface area contributed by atoms with Gasteiger partial charge in [-0.25, -0.2) is 4.85 Å². The van der Waals surface area contributed by atoms with E-state index in [0.717, 1.165) is 22.3 Å². The maximum atomic E-state index is 9.76. The summed E-state index contributed by atoms with van der Waals surface area (Å²) in [6.45, 7) is 10.7. The molecule has 0 spiro atoms. The Morgan fingerprint density at radius 1 is 1.33 bits per heavy atom. The lowest BCUT2D eigenvalue weighted by molar-refractivity contribution is 0.200. The summed E-state index contributed by atoms with van der Waals surface area (Å²) in [5.74, 6) is 0. The lowest BCUT2D eigenvalue weighted by atomic mass is 9.97. The van der Waals surface area contributed by atoms with Crippen LogP contribution in [0.4, 0.5) is 5.69 Å². The van der Waals surface area contributed by atoms with Gasteiger partial charge < -0.3 is 5.11 Å². The second-order valence-corrected chi connectivity index (χ2v) is 4.25. The summed E-state index contributed by atoms with van der Waals surface area (Å²) in [4.78, 5) is 7.55. The smallest absolute Gasteiger partial charge is 0.190 e. The molecule has 0 aliphatic heterocycles. The summed E-state index contributed by atoms with van der Waals surface area (Å²) >= 11 is 0. The number of pyridine rings is 1. The lowest BCUT2D eigenvalue weighted by Crippen LogP contribution is -1.95. The van der Waals surface area contributed by atoms with Gasteiger partial charge in [0.05, 0.1) is 12.7 Å². The van der Waals surface area contributed by atoms with E-state index in [0.29, 0.717) is 5.69 Å². The molecule has 0 saturated carbocycles. The Hall–Kier alpha value is -2.18. The maximum absolute atomic E-state index is 9.76. The number of aliphatic hydroxyl groups is 1. The second-order valence-electron chi connectivity index (χ2n) is 4.25. The molecule has 1 heterocycles. The summed E-state index contributed by atoms with van der Waals surface area (Å²) in [5.41, 5.74) is 4.32. The Bertz CT molecular complexity index is 612. The monoisotopic (exact) mass is 238 g/mol. The van der Waals surface area contributed by atoms with Crippen LogP contribution in [0.15, 0.2) is 36.7 Å². The SMILES string of the molecule is [C-]#[N+]c1ccc(-c2cnccc2C(C)O)cc1C. The summed E-state index contributed by atoms with van der Waals surface area (Å²) < 4.78 is 0. The Morgan fingerprint density at radius 2 is 2.11 bits per heavy atom. The van der Waals surface area contributed by atoms with Gasteiger partial charge in [0.25, 0.3) is 0 Å². The van der Waals surface area contributed by atoms with Gasteiger partial charge in [0.15, 0.2) is 5.69 Å². The van der Waals surface area contributed by atoms with E-state index in [1.807, 2.05) is 25.1 Å². The predicted octanol–water partition coefficient (Wildman–Crippen LogP) is 3.66. The van der Waals surface area contributed by atoms with Gasteiger partial charge in [-0.3, -0.25) is 4.98 Å². The number of aromatic nitrogens is 1. The van der Waals surface area contributed by atoms with Crippen LogP contribution in [0.3, 0.4) is 0 Å². The Labute approximate surface area is 107 Å². The minimum Gasteiger partial charge on any atom is -0.389 e. The first-order valence-electron chi connectivity index (χ1n) is 5.74. The van der Waals surface area contributed by atoms with Crippen molar-refractivity contribution in [2.75, 3.05) is 0 Å². The molecule has 0 aliphatic rings. The molecule has 0 radical (unpaired) electrons. The van der Waals surface area contributed by atoms with Gasteiger partial charge in [0.1, 0.15) is 0 Å². The molecule has 1 aromatic carbocycles. The third-order valence-electron chi connectivity index (χ3n) is 2.93. The van der Waals surface area contributed by atoms with E-state index in [1.54, 1.807) is 25.4 Å². The number of benzene rings is 1. The van der Waals surface area contributed by atoms with E-state index < -0.39 is 6.10 Å². The highest BCUT2D eigenvalue weighted by Gasteiger charge is 2.10. The average Bonchev–Trinajstić information content (AvgIpc) is 2.38. The summed E-state index contributed by atoms with van der Waals surface area (Å²) in [7, 11) is 0. The molecule has 3 heteroatoms. The topological polar surface area (TPSA) is 37.5 Å². The van der Waals surface area contributed by atoms with E-state index >= 15 is 0 Å². The molecule has 0 saturated heterocycles.